The first-order valence-electron chi connectivity index (χ1n) is 9.05. The smallest absolute Gasteiger partial charge is 0.233 e. The lowest BCUT2D eigenvalue weighted by Crippen LogP contribution is -2.27. The van der Waals surface area contributed by atoms with Crippen LogP contribution in [-0.2, 0) is 18.4 Å². The third kappa shape index (κ3) is 5.08. The van der Waals surface area contributed by atoms with E-state index in [0.717, 1.165) is 28.5 Å². The third-order valence-corrected chi connectivity index (χ3v) is 5.49. The van der Waals surface area contributed by atoms with Gasteiger partial charge in [-0.3, -0.25) is 4.79 Å². The molecule has 0 aliphatic rings. The molecule has 0 saturated carbocycles. The molecule has 29 heavy (non-hydrogen) atoms. The fourth-order valence-electron chi connectivity index (χ4n) is 2.80. The average molecular weight is 413 g/mol. The molecule has 1 aromatic heterocycles. The quantitative estimate of drug-likeness (QED) is 0.529. The van der Waals surface area contributed by atoms with Gasteiger partial charge >= 0.3 is 0 Å². The molecule has 0 aliphatic carbocycles. The Bertz CT molecular complexity index is 972. The van der Waals surface area contributed by atoms with Gasteiger partial charge < -0.3 is 18.9 Å². The topological polar surface area (TPSA) is 69.5 Å². The van der Waals surface area contributed by atoms with E-state index in [0.29, 0.717) is 11.7 Å². The fraction of sp³-hybridized carbons (Fsp3) is 0.286. The molecule has 8 heteroatoms. The molecular weight excluding hydrogens is 388 g/mol. The number of carbonyl (C=O) groups excluding carboxylic acids is 1. The van der Waals surface area contributed by atoms with Crippen LogP contribution in [0.3, 0.4) is 0 Å². The molecule has 1 amide bonds. The van der Waals surface area contributed by atoms with Gasteiger partial charge in [-0.25, -0.2) is 0 Å². The van der Waals surface area contributed by atoms with Crippen LogP contribution >= 0.6 is 11.8 Å². The first-order valence-corrected chi connectivity index (χ1v) is 10.0. The summed E-state index contributed by atoms with van der Waals surface area (Å²) >= 11 is 1.37. The number of thioether (sulfide) groups is 1. The molecule has 0 N–H and O–H groups in total. The Hall–Kier alpha value is -3.00. The van der Waals surface area contributed by atoms with Crippen LogP contribution in [0.15, 0.2) is 53.7 Å². The monoisotopic (exact) mass is 412 g/mol. The van der Waals surface area contributed by atoms with E-state index in [1.165, 1.54) is 11.8 Å². The Morgan fingerprint density at radius 1 is 1.07 bits per heavy atom. The maximum Gasteiger partial charge on any atom is 0.233 e. The predicted molar refractivity (Wildman–Crippen MR) is 113 cm³/mol. The standard InChI is InChI=1S/C21H24N4O3S/c1-24(13-15-6-5-7-18(12-15)28-4)19(26)14-29-21-23-22-20(25(21)2)16-8-10-17(27-3)11-9-16/h5-12H,13-14H2,1-4H3. The SMILES string of the molecule is COc1ccc(-c2nnc(SCC(=O)N(C)Cc3cccc(OC)c3)n2C)cc1. The van der Waals surface area contributed by atoms with Gasteiger partial charge in [-0.2, -0.15) is 0 Å². The second-order valence-electron chi connectivity index (χ2n) is 6.48. The number of aromatic nitrogens is 3. The van der Waals surface area contributed by atoms with Crippen LogP contribution in [0.2, 0.25) is 0 Å². The number of benzene rings is 2. The predicted octanol–water partition coefficient (Wildman–Crippen LogP) is 3.25. The summed E-state index contributed by atoms with van der Waals surface area (Å²) in [6.45, 7) is 0.520. The normalized spacial score (nSPS) is 10.6. The zero-order valence-corrected chi connectivity index (χ0v) is 17.8. The molecular formula is C21H24N4O3S. The number of rotatable bonds is 8. The summed E-state index contributed by atoms with van der Waals surface area (Å²) < 4.78 is 12.3. The van der Waals surface area contributed by atoms with Crippen molar-refractivity contribution in [3.05, 3.63) is 54.1 Å². The van der Waals surface area contributed by atoms with Crippen molar-refractivity contribution in [2.45, 2.75) is 11.7 Å². The number of methoxy groups -OCH3 is 2. The lowest BCUT2D eigenvalue weighted by Gasteiger charge is -2.17. The fourth-order valence-corrected chi connectivity index (χ4v) is 3.65. The van der Waals surface area contributed by atoms with Gasteiger partial charge in [0.05, 0.1) is 20.0 Å². The third-order valence-electron chi connectivity index (χ3n) is 4.49. The minimum Gasteiger partial charge on any atom is -0.497 e. The van der Waals surface area contributed by atoms with Crippen molar-refractivity contribution in [3.8, 4) is 22.9 Å². The van der Waals surface area contributed by atoms with Crippen LogP contribution < -0.4 is 9.47 Å². The molecule has 0 saturated heterocycles. The molecule has 0 aliphatic heterocycles. The van der Waals surface area contributed by atoms with E-state index >= 15 is 0 Å². The Balaban J connectivity index is 1.60. The summed E-state index contributed by atoms with van der Waals surface area (Å²) in [5.41, 5.74) is 1.96. The summed E-state index contributed by atoms with van der Waals surface area (Å²) in [5, 5.41) is 9.19. The molecule has 0 radical (unpaired) electrons. The Morgan fingerprint density at radius 3 is 2.48 bits per heavy atom. The van der Waals surface area contributed by atoms with Gasteiger partial charge in [0.25, 0.3) is 0 Å². The molecule has 2 aromatic carbocycles. The Morgan fingerprint density at radius 2 is 1.79 bits per heavy atom. The van der Waals surface area contributed by atoms with Crippen molar-refractivity contribution in [1.29, 1.82) is 0 Å². The van der Waals surface area contributed by atoms with Gasteiger partial charge in [0.15, 0.2) is 11.0 Å². The highest BCUT2D eigenvalue weighted by molar-refractivity contribution is 7.99. The number of nitrogens with zero attached hydrogens (tertiary/aromatic N) is 4. The minimum absolute atomic E-state index is 0.0202. The van der Waals surface area contributed by atoms with Crippen LogP contribution in [0.1, 0.15) is 5.56 Å². The van der Waals surface area contributed by atoms with E-state index in [2.05, 4.69) is 10.2 Å². The summed E-state index contributed by atoms with van der Waals surface area (Å²) in [5.74, 6) is 2.62. The van der Waals surface area contributed by atoms with Gasteiger partial charge in [0.1, 0.15) is 11.5 Å². The molecule has 0 unspecified atom stereocenters. The van der Waals surface area contributed by atoms with E-state index in [9.17, 15) is 4.79 Å². The van der Waals surface area contributed by atoms with Crippen molar-refractivity contribution >= 4 is 17.7 Å². The molecule has 3 rings (SSSR count). The van der Waals surface area contributed by atoms with Crippen LogP contribution in [0, 0.1) is 0 Å². The molecule has 3 aromatic rings. The first-order chi connectivity index (χ1) is 14.0. The maximum atomic E-state index is 12.5. The van der Waals surface area contributed by atoms with E-state index in [-0.39, 0.29) is 11.7 Å². The number of carbonyl (C=O) groups is 1. The molecule has 0 fully saturated rings. The van der Waals surface area contributed by atoms with Gasteiger partial charge in [0.2, 0.25) is 5.91 Å². The Labute approximate surface area is 174 Å². The van der Waals surface area contributed by atoms with Crippen LogP contribution in [0.5, 0.6) is 11.5 Å². The van der Waals surface area contributed by atoms with E-state index in [4.69, 9.17) is 9.47 Å². The highest BCUT2D eigenvalue weighted by Gasteiger charge is 2.15. The lowest BCUT2D eigenvalue weighted by atomic mass is 10.2. The van der Waals surface area contributed by atoms with Crippen LogP contribution in [0.4, 0.5) is 0 Å². The van der Waals surface area contributed by atoms with Crippen LogP contribution in [-0.4, -0.2) is 52.6 Å². The van der Waals surface area contributed by atoms with Crippen molar-refractivity contribution in [3.63, 3.8) is 0 Å². The Kier molecular flexibility index (Phi) is 6.77. The molecule has 1 heterocycles. The lowest BCUT2D eigenvalue weighted by molar-refractivity contribution is -0.127. The average Bonchev–Trinajstić information content (AvgIpc) is 3.12. The van der Waals surface area contributed by atoms with E-state index in [1.807, 2.05) is 60.1 Å². The summed E-state index contributed by atoms with van der Waals surface area (Å²) in [4.78, 5) is 14.2. The molecule has 0 spiro atoms. The molecule has 0 atom stereocenters. The number of hydrogen-bond donors (Lipinski definition) is 0. The first kappa shape index (κ1) is 20.7. The second kappa shape index (κ2) is 9.47. The highest BCUT2D eigenvalue weighted by atomic mass is 32.2. The minimum atomic E-state index is 0.0202. The summed E-state index contributed by atoms with van der Waals surface area (Å²) in [7, 11) is 6.95. The van der Waals surface area contributed by atoms with Crippen molar-refractivity contribution in [2.24, 2.45) is 7.05 Å². The van der Waals surface area contributed by atoms with E-state index in [1.54, 1.807) is 26.2 Å². The van der Waals surface area contributed by atoms with Gasteiger partial charge in [-0.1, -0.05) is 23.9 Å². The van der Waals surface area contributed by atoms with Gasteiger partial charge in [0, 0.05) is 26.2 Å². The molecule has 152 valence electrons. The zero-order chi connectivity index (χ0) is 20.8. The second-order valence-corrected chi connectivity index (χ2v) is 7.43. The maximum absolute atomic E-state index is 12.5. The summed E-state index contributed by atoms with van der Waals surface area (Å²) in [6, 6.07) is 15.3. The number of ether oxygens (including phenoxy) is 2. The highest BCUT2D eigenvalue weighted by Crippen LogP contribution is 2.24. The van der Waals surface area contributed by atoms with Crippen molar-refractivity contribution in [2.75, 3.05) is 27.0 Å². The van der Waals surface area contributed by atoms with Crippen molar-refractivity contribution < 1.29 is 14.3 Å². The van der Waals surface area contributed by atoms with Crippen molar-refractivity contribution in [1.82, 2.24) is 19.7 Å². The largest absolute Gasteiger partial charge is 0.497 e. The van der Waals surface area contributed by atoms with Gasteiger partial charge in [-0.05, 0) is 42.0 Å². The summed E-state index contributed by atoms with van der Waals surface area (Å²) in [6.07, 6.45) is 0. The zero-order valence-electron chi connectivity index (χ0n) is 17.0. The number of hydrogen-bond acceptors (Lipinski definition) is 6. The molecule has 0 bridgehead atoms. The molecule has 7 nitrogen and oxygen atoms in total. The van der Waals surface area contributed by atoms with E-state index < -0.39 is 0 Å². The van der Waals surface area contributed by atoms with Gasteiger partial charge in [-0.15, -0.1) is 10.2 Å². The number of amides is 1. The van der Waals surface area contributed by atoms with Crippen LogP contribution in [0.25, 0.3) is 11.4 Å².